The molecule has 84 valence electrons. The first kappa shape index (κ1) is 10.3. The fraction of sp³-hybridized carbons (Fsp3) is 0.200. The fourth-order valence-electron chi connectivity index (χ4n) is 1.52. The molecule has 2 aromatic rings. The number of aromatic nitrogens is 2. The van der Waals surface area contributed by atoms with Crippen molar-refractivity contribution in [1.29, 1.82) is 0 Å². The molecule has 0 fully saturated rings. The monoisotopic (exact) mass is 221 g/mol. The molecule has 1 aromatic heterocycles. The molecule has 3 N–H and O–H groups in total. The van der Waals surface area contributed by atoms with E-state index in [2.05, 4.69) is 5.10 Å². The standard InChI is InChI=1S/C10H11N3O3/c1-16-9-3-8-6(2-7(9)11)4-13(12-8)5-10(14)15/h2-4H,5,11H2,1H3,(H,14,15). The molecular weight excluding hydrogens is 210 g/mol. The summed E-state index contributed by atoms with van der Waals surface area (Å²) in [5, 5.41) is 13.5. The lowest BCUT2D eigenvalue weighted by Gasteiger charge is -2.02. The smallest absolute Gasteiger partial charge is 0.325 e. The molecule has 1 aromatic carbocycles. The highest BCUT2D eigenvalue weighted by Gasteiger charge is 2.07. The number of hydrogen-bond acceptors (Lipinski definition) is 4. The third kappa shape index (κ3) is 1.77. The van der Waals surface area contributed by atoms with Crippen molar-refractivity contribution >= 4 is 22.6 Å². The zero-order valence-electron chi connectivity index (χ0n) is 8.67. The number of benzene rings is 1. The molecule has 1 heterocycles. The van der Waals surface area contributed by atoms with Crippen LogP contribution in [0, 0.1) is 0 Å². The van der Waals surface area contributed by atoms with Gasteiger partial charge in [0.2, 0.25) is 0 Å². The van der Waals surface area contributed by atoms with Crippen LogP contribution < -0.4 is 10.5 Å². The van der Waals surface area contributed by atoms with Crippen molar-refractivity contribution < 1.29 is 14.6 Å². The summed E-state index contributed by atoms with van der Waals surface area (Å²) in [5.74, 6) is -0.402. The second-order valence-electron chi connectivity index (χ2n) is 3.37. The van der Waals surface area contributed by atoms with Crippen LogP contribution in [0.15, 0.2) is 18.3 Å². The number of nitrogens with zero attached hydrogens (tertiary/aromatic N) is 2. The normalized spacial score (nSPS) is 10.6. The lowest BCUT2D eigenvalue weighted by molar-refractivity contribution is -0.137. The molecule has 0 saturated carbocycles. The average Bonchev–Trinajstić information content (AvgIpc) is 2.56. The predicted octanol–water partition coefficient (Wildman–Crippen LogP) is 0.712. The van der Waals surface area contributed by atoms with E-state index in [0.29, 0.717) is 17.0 Å². The molecule has 0 radical (unpaired) electrons. The van der Waals surface area contributed by atoms with Crippen molar-refractivity contribution in [1.82, 2.24) is 9.78 Å². The second-order valence-corrected chi connectivity index (χ2v) is 3.37. The molecule has 0 aliphatic rings. The van der Waals surface area contributed by atoms with Crippen LogP contribution in [-0.2, 0) is 11.3 Å². The Morgan fingerprint density at radius 3 is 3.00 bits per heavy atom. The van der Waals surface area contributed by atoms with Crippen molar-refractivity contribution in [2.45, 2.75) is 6.54 Å². The zero-order valence-corrected chi connectivity index (χ0v) is 8.67. The topological polar surface area (TPSA) is 90.4 Å². The number of nitrogens with two attached hydrogens (primary N) is 1. The lowest BCUT2D eigenvalue weighted by atomic mass is 10.2. The van der Waals surface area contributed by atoms with Gasteiger partial charge in [0.1, 0.15) is 12.3 Å². The molecule has 2 rings (SSSR count). The number of carbonyl (C=O) groups is 1. The van der Waals surface area contributed by atoms with Crippen LogP contribution in [0.25, 0.3) is 10.9 Å². The minimum Gasteiger partial charge on any atom is -0.495 e. The number of carboxylic acids is 1. The summed E-state index contributed by atoms with van der Waals surface area (Å²) in [6, 6.07) is 3.39. The number of carboxylic acid groups (broad SMARTS) is 1. The molecule has 0 aliphatic carbocycles. The first-order valence-electron chi connectivity index (χ1n) is 4.62. The SMILES string of the molecule is COc1cc2nn(CC(=O)O)cc2cc1N. The highest BCUT2D eigenvalue weighted by Crippen LogP contribution is 2.26. The van der Waals surface area contributed by atoms with E-state index in [-0.39, 0.29) is 6.54 Å². The molecule has 0 amide bonds. The Hall–Kier alpha value is -2.24. The van der Waals surface area contributed by atoms with Crippen molar-refractivity contribution in [2.75, 3.05) is 12.8 Å². The maximum absolute atomic E-state index is 10.5. The number of fused-ring (bicyclic) bond motifs is 1. The molecule has 0 saturated heterocycles. The van der Waals surface area contributed by atoms with Crippen LogP contribution >= 0.6 is 0 Å². The molecule has 0 atom stereocenters. The van der Waals surface area contributed by atoms with Gasteiger partial charge in [-0.2, -0.15) is 5.10 Å². The van der Waals surface area contributed by atoms with Gasteiger partial charge in [0.15, 0.2) is 0 Å². The summed E-state index contributed by atoms with van der Waals surface area (Å²) in [5.41, 5.74) is 6.89. The predicted molar refractivity (Wildman–Crippen MR) is 58.3 cm³/mol. The van der Waals surface area contributed by atoms with Gasteiger partial charge in [0.25, 0.3) is 0 Å². The molecule has 0 bridgehead atoms. The number of ether oxygens (including phenoxy) is 1. The Labute approximate surface area is 91.2 Å². The van der Waals surface area contributed by atoms with E-state index in [0.717, 1.165) is 5.39 Å². The van der Waals surface area contributed by atoms with Crippen LogP contribution in [0.5, 0.6) is 5.75 Å². The summed E-state index contributed by atoms with van der Waals surface area (Å²) < 4.78 is 6.41. The summed E-state index contributed by atoms with van der Waals surface area (Å²) in [6.45, 7) is -0.170. The molecule has 6 heteroatoms. The van der Waals surface area contributed by atoms with Crippen LogP contribution in [-0.4, -0.2) is 28.0 Å². The Morgan fingerprint density at radius 1 is 1.62 bits per heavy atom. The summed E-state index contributed by atoms with van der Waals surface area (Å²) in [6.07, 6.45) is 1.64. The van der Waals surface area contributed by atoms with Crippen molar-refractivity contribution in [3.8, 4) is 5.75 Å². The van der Waals surface area contributed by atoms with E-state index in [9.17, 15) is 4.79 Å². The van der Waals surface area contributed by atoms with Crippen LogP contribution in [0.1, 0.15) is 0 Å². The Balaban J connectivity index is 2.49. The van der Waals surface area contributed by atoms with Gasteiger partial charge in [-0.3, -0.25) is 9.48 Å². The number of hydrogen-bond donors (Lipinski definition) is 2. The van der Waals surface area contributed by atoms with Crippen LogP contribution in [0.2, 0.25) is 0 Å². The van der Waals surface area contributed by atoms with Gasteiger partial charge >= 0.3 is 5.97 Å². The van der Waals surface area contributed by atoms with Gasteiger partial charge in [-0.1, -0.05) is 0 Å². The number of methoxy groups -OCH3 is 1. The first-order chi connectivity index (χ1) is 7.60. The third-order valence-electron chi connectivity index (χ3n) is 2.20. The summed E-state index contributed by atoms with van der Waals surface area (Å²) in [4.78, 5) is 10.5. The van der Waals surface area contributed by atoms with Gasteiger partial charge in [0.05, 0.1) is 18.3 Å². The van der Waals surface area contributed by atoms with Gasteiger partial charge in [-0.05, 0) is 6.07 Å². The third-order valence-corrected chi connectivity index (χ3v) is 2.20. The maximum atomic E-state index is 10.5. The highest BCUT2D eigenvalue weighted by molar-refractivity contribution is 5.85. The number of aliphatic carboxylic acids is 1. The van der Waals surface area contributed by atoms with E-state index in [4.69, 9.17) is 15.6 Å². The minimum absolute atomic E-state index is 0.170. The summed E-state index contributed by atoms with van der Waals surface area (Å²) in [7, 11) is 1.52. The van der Waals surface area contributed by atoms with E-state index in [1.165, 1.54) is 11.8 Å². The summed E-state index contributed by atoms with van der Waals surface area (Å²) >= 11 is 0. The van der Waals surface area contributed by atoms with Crippen molar-refractivity contribution in [3.05, 3.63) is 18.3 Å². The average molecular weight is 221 g/mol. The molecule has 0 aliphatic heterocycles. The maximum Gasteiger partial charge on any atom is 0.325 e. The number of rotatable bonds is 3. The molecular formula is C10H11N3O3. The molecule has 0 spiro atoms. The Morgan fingerprint density at radius 2 is 2.38 bits per heavy atom. The van der Waals surface area contributed by atoms with Gasteiger partial charge in [-0.25, -0.2) is 0 Å². The van der Waals surface area contributed by atoms with Gasteiger partial charge in [-0.15, -0.1) is 0 Å². The second kappa shape index (κ2) is 3.73. The highest BCUT2D eigenvalue weighted by atomic mass is 16.5. The zero-order chi connectivity index (χ0) is 11.7. The van der Waals surface area contributed by atoms with Crippen LogP contribution in [0.4, 0.5) is 5.69 Å². The first-order valence-corrected chi connectivity index (χ1v) is 4.62. The minimum atomic E-state index is -0.937. The Bertz CT molecular complexity index is 547. The van der Waals surface area contributed by atoms with E-state index >= 15 is 0 Å². The van der Waals surface area contributed by atoms with Gasteiger partial charge in [0, 0.05) is 17.6 Å². The van der Waals surface area contributed by atoms with Crippen molar-refractivity contribution in [3.63, 3.8) is 0 Å². The van der Waals surface area contributed by atoms with E-state index < -0.39 is 5.97 Å². The molecule has 16 heavy (non-hydrogen) atoms. The largest absolute Gasteiger partial charge is 0.495 e. The van der Waals surface area contributed by atoms with Crippen molar-refractivity contribution in [2.24, 2.45) is 0 Å². The molecule has 0 unspecified atom stereocenters. The van der Waals surface area contributed by atoms with E-state index in [1.54, 1.807) is 18.3 Å². The number of nitrogen functional groups attached to an aromatic ring is 1. The fourth-order valence-corrected chi connectivity index (χ4v) is 1.52. The quantitative estimate of drug-likeness (QED) is 0.745. The molecule has 6 nitrogen and oxygen atoms in total. The van der Waals surface area contributed by atoms with Gasteiger partial charge < -0.3 is 15.6 Å². The number of anilines is 1. The lowest BCUT2D eigenvalue weighted by Crippen LogP contribution is -2.08. The van der Waals surface area contributed by atoms with Crippen LogP contribution in [0.3, 0.4) is 0 Å². The Kier molecular flexibility index (Phi) is 2.40. The van der Waals surface area contributed by atoms with E-state index in [1.807, 2.05) is 0 Å².